The first-order chi connectivity index (χ1) is 9.85. The molecule has 1 aromatic rings. The highest BCUT2D eigenvalue weighted by Gasteiger charge is 2.34. The summed E-state index contributed by atoms with van der Waals surface area (Å²) >= 11 is 0. The number of hydrogen-bond donors (Lipinski definition) is 1. The third kappa shape index (κ3) is 4.61. The SMILES string of the molecule is CCN(c1ccc(CNC)c(C(F)(F)F)c1)C(C)COC. The van der Waals surface area contributed by atoms with Gasteiger partial charge < -0.3 is 15.0 Å². The van der Waals surface area contributed by atoms with Crippen molar-refractivity contribution >= 4 is 5.69 Å². The van der Waals surface area contributed by atoms with Crippen molar-refractivity contribution in [1.29, 1.82) is 0 Å². The summed E-state index contributed by atoms with van der Waals surface area (Å²) in [4.78, 5) is 1.90. The Kier molecular flexibility index (Phi) is 6.48. The zero-order valence-corrected chi connectivity index (χ0v) is 12.9. The average Bonchev–Trinajstić information content (AvgIpc) is 2.40. The Morgan fingerprint density at radius 1 is 1.33 bits per heavy atom. The lowest BCUT2D eigenvalue weighted by Crippen LogP contribution is -2.36. The molecule has 1 N–H and O–H groups in total. The van der Waals surface area contributed by atoms with Gasteiger partial charge in [-0.3, -0.25) is 0 Å². The van der Waals surface area contributed by atoms with Crippen molar-refractivity contribution in [3.05, 3.63) is 29.3 Å². The van der Waals surface area contributed by atoms with E-state index >= 15 is 0 Å². The third-order valence-corrected chi connectivity index (χ3v) is 3.38. The third-order valence-electron chi connectivity index (χ3n) is 3.38. The second kappa shape index (κ2) is 7.66. The van der Waals surface area contributed by atoms with Crippen molar-refractivity contribution in [3.63, 3.8) is 0 Å². The summed E-state index contributed by atoms with van der Waals surface area (Å²) < 4.78 is 44.7. The maximum absolute atomic E-state index is 13.2. The second-order valence-corrected chi connectivity index (χ2v) is 4.96. The number of nitrogens with zero attached hydrogens (tertiary/aromatic N) is 1. The van der Waals surface area contributed by atoms with Gasteiger partial charge in [0.2, 0.25) is 0 Å². The highest BCUT2D eigenvalue weighted by molar-refractivity contribution is 5.52. The molecule has 0 bridgehead atoms. The van der Waals surface area contributed by atoms with Crippen LogP contribution in [-0.2, 0) is 17.5 Å². The van der Waals surface area contributed by atoms with Gasteiger partial charge in [0, 0.05) is 31.9 Å². The number of anilines is 1. The maximum Gasteiger partial charge on any atom is 0.416 e. The molecule has 0 aromatic heterocycles. The van der Waals surface area contributed by atoms with Crippen LogP contribution in [-0.4, -0.2) is 33.4 Å². The smallest absolute Gasteiger partial charge is 0.383 e. The van der Waals surface area contributed by atoms with E-state index in [-0.39, 0.29) is 18.2 Å². The Labute approximate surface area is 124 Å². The van der Waals surface area contributed by atoms with Crippen molar-refractivity contribution in [2.75, 3.05) is 32.2 Å². The van der Waals surface area contributed by atoms with Crippen molar-refractivity contribution in [1.82, 2.24) is 5.32 Å². The Morgan fingerprint density at radius 2 is 2.00 bits per heavy atom. The quantitative estimate of drug-likeness (QED) is 0.836. The van der Waals surface area contributed by atoms with E-state index in [4.69, 9.17) is 4.74 Å². The van der Waals surface area contributed by atoms with E-state index in [0.29, 0.717) is 18.8 Å². The highest BCUT2D eigenvalue weighted by Crippen LogP contribution is 2.35. The van der Waals surface area contributed by atoms with Gasteiger partial charge in [0.15, 0.2) is 0 Å². The summed E-state index contributed by atoms with van der Waals surface area (Å²) in [5.41, 5.74) is 0.232. The minimum absolute atomic E-state index is 0.0104. The molecule has 120 valence electrons. The van der Waals surface area contributed by atoms with E-state index in [1.807, 2.05) is 18.7 Å². The normalized spacial score (nSPS) is 13.3. The minimum atomic E-state index is -4.36. The van der Waals surface area contributed by atoms with Gasteiger partial charge in [-0.2, -0.15) is 13.2 Å². The number of hydrogen-bond acceptors (Lipinski definition) is 3. The number of rotatable bonds is 7. The van der Waals surface area contributed by atoms with Gasteiger partial charge in [0.1, 0.15) is 0 Å². The van der Waals surface area contributed by atoms with Gasteiger partial charge in [0.25, 0.3) is 0 Å². The first kappa shape index (κ1) is 17.8. The molecule has 1 unspecified atom stereocenters. The van der Waals surface area contributed by atoms with Gasteiger partial charge in [-0.25, -0.2) is 0 Å². The molecule has 1 aromatic carbocycles. The average molecular weight is 304 g/mol. The standard InChI is InChI=1S/C15H23F3N2O/c1-5-20(11(2)10-21-4)13-7-6-12(9-19-3)14(8-13)15(16,17)18/h6-8,11,19H,5,9-10H2,1-4H3. The highest BCUT2D eigenvalue weighted by atomic mass is 19.4. The number of likely N-dealkylation sites (N-methyl/N-ethyl adjacent to an activating group) is 1. The summed E-state index contributed by atoms with van der Waals surface area (Å²) in [6.07, 6.45) is -4.36. The van der Waals surface area contributed by atoms with Crippen LogP contribution in [0.5, 0.6) is 0 Å². The van der Waals surface area contributed by atoms with E-state index in [1.54, 1.807) is 20.2 Å². The summed E-state index contributed by atoms with van der Waals surface area (Å²) in [5, 5.41) is 2.77. The molecular formula is C15H23F3N2O. The number of ether oxygens (including phenoxy) is 1. The summed E-state index contributed by atoms with van der Waals surface area (Å²) in [6.45, 7) is 5.12. The fourth-order valence-electron chi connectivity index (χ4n) is 2.43. The monoisotopic (exact) mass is 304 g/mol. The molecule has 0 radical (unpaired) electrons. The zero-order valence-electron chi connectivity index (χ0n) is 12.9. The molecule has 3 nitrogen and oxygen atoms in total. The largest absolute Gasteiger partial charge is 0.416 e. The van der Waals surface area contributed by atoms with Crippen molar-refractivity contribution in [2.45, 2.75) is 32.6 Å². The van der Waals surface area contributed by atoms with Gasteiger partial charge in [-0.15, -0.1) is 0 Å². The van der Waals surface area contributed by atoms with Crippen molar-refractivity contribution < 1.29 is 17.9 Å². The first-order valence-electron chi connectivity index (χ1n) is 6.95. The molecule has 0 aliphatic carbocycles. The van der Waals surface area contributed by atoms with Crippen LogP contribution in [0.4, 0.5) is 18.9 Å². The molecule has 0 fully saturated rings. The molecule has 6 heteroatoms. The van der Waals surface area contributed by atoms with E-state index in [1.165, 1.54) is 12.1 Å². The topological polar surface area (TPSA) is 24.5 Å². The molecule has 1 atom stereocenters. The van der Waals surface area contributed by atoms with Gasteiger partial charge in [-0.1, -0.05) is 6.07 Å². The molecule has 21 heavy (non-hydrogen) atoms. The number of methoxy groups -OCH3 is 1. The number of halogens is 3. The molecule has 0 heterocycles. The molecule has 0 spiro atoms. The van der Waals surface area contributed by atoms with Crippen LogP contribution in [0.2, 0.25) is 0 Å². The lowest BCUT2D eigenvalue weighted by atomic mass is 10.0. The lowest BCUT2D eigenvalue weighted by Gasteiger charge is -2.30. The maximum atomic E-state index is 13.2. The summed E-state index contributed by atoms with van der Waals surface area (Å²) in [6, 6.07) is 4.51. The van der Waals surface area contributed by atoms with Crippen molar-refractivity contribution in [2.24, 2.45) is 0 Å². The Balaban J connectivity index is 3.19. The zero-order chi connectivity index (χ0) is 16.0. The molecular weight excluding hydrogens is 281 g/mol. The van der Waals surface area contributed by atoms with E-state index in [2.05, 4.69) is 5.32 Å². The molecule has 0 aliphatic rings. The van der Waals surface area contributed by atoms with Crippen LogP contribution in [0.3, 0.4) is 0 Å². The number of alkyl halides is 3. The van der Waals surface area contributed by atoms with Gasteiger partial charge in [0.05, 0.1) is 12.2 Å². The fraction of sp³-hybridized carbons (Fsp3) is 0.600. The first-order valence-corrected chi connectivity index (χ1v) is 6.95. The molecule has 1 rings (SSSR count). The minimum Gasteiger partial charge on any atom is -0.383 e. The second-order valence-electron chi connectivity index (χ2n) is 4.96. The predicted octanol–water partition coefficient (Wildman–Crippen LogP) is 3.29. The van der Waals surface area contributed by atoms with Gasteiger partial charge in [-0.05, 0) is 38.6 Å². The van der Waals surface area contributed by atoms with Crippen LogP contribution in [0.15, 0.2) is 18.2 Å². The van der Waals surface area contributed by atoms with Crippen LogP contribution in [0.25, 0.3) is 0 Å². The Hall–Kier alpha value is -1.27. The fourth-order valence-corrected chi connectivity index (χ4v) is 2.43. The van der Waals surface area contributed by atoms with Gasteiger partial charge >= 0.3 is 6.18 Å². The molecule has 0 saturated heterocycles. The number of nitrogens with one attached hydrogen (secondary N) is 1. The van der Waals surface area contributed by atoms with Crippen LogP contribution in [0.1, 0.15) is 25.0 Å². The Morgan fingerprint density at radius 3 is 2.48 bits per heavy atom. The number of benzene rings is 1. The predicted molar refractivity (Wildman–Crippen MR) is 78.6 cm³/mol. The molecule has 0 saturated carbocycles. The molecule has 0 aliphatic heterocycles. The van der Waals surface area contributed by atoms with E-state index < -0.39 is 11.7 Å². The molecule has 0 amide bonds. The lowest BCUT2D eigenvalue weighted by molar-refractivity contribution is -0.138. The van der Waals surface area contributed by atoms with Crippen LogP contribution >= 0.6 is 0 Å². The van der Waals surface area contributed by atoms with Crippen LogP contribution in [0, 0.1) is 0 Å². The summed E-state index contributed by atoms with van der Waals surface area (Å²) in [5.74, 6) is 0. The summed E-state index contributed by atoms with van der Waals surface area (Å²) in [7, 11) is 3.22. The van der Waals surface area contributed by atoms with Crippen molar-refractivity contribution in [3.8, 4) is 0 Å². The van der Waals surface area contributed by atoms with E-state index in [0.717, 1.165) is 0 Å². The van der Waals surface area contributed by atoms with E-state index in [9.17, 15) is 13.2 Å². The Bertz CT molecular complexity index is 449. The van der Waals surface area contributed by atoms with Crippen LogP contribution < -0.4 is 10.2 Å².